The summed E-state index contributed by atoms with van der Waals surface area (Å²) >= 11 is 3.38. The molecule has 0 unspecified atom stereocenters. The molecule has 6 heteroatoms. The zero-order chi connectivity index (χ0) is 17.8. The minimum Gasteiger partial charge on any atom is -0.346 e. The van der Waals surface area contributed by atoms with Crippen molar-refractivity contribution in [2.24, 2.45) is 0 Å². The predicted molar refractivity (Wildman–Crippen MR) is 107 cm³/mol. The first-order valence-electron chi connectivity index (χ1n) is 8.23. The van der Waals surface area contributed by atoms with Gasteiger partial charge < -0.3 is 9.72 Å². The summed E-state index contributed by atoms with van der Waals surface area (Å²) in [6, 6.07) is 15.7. The summed E-state index contributed by atoms with van der Waals surface area (Å²) in [6.45, 7) is 0.407. The molecule has 1 N–H and O–H groups in total. The molecule has 4 nitrogen and oxygen atoms in total. The summed E-state index contributed by atoms with van der Waals surface area (Å²) in [5.41, 5.74) is 3.70. The van der Waals surface area contributed by atoms with E-state index in [1.54, 1.807) is 23.1 Å². The lowest BCUT2D eigenvalue weighted by molar-refractivity contribution is 0.0947. The first kappa shape index (κ1) is 16.9. The van der Waals surface area contributed by atoms with Crippen LogP contribution in [-0.2, 0) is 12.3 Å². The van der Waals surface area contributed by atoms with Gasteiger partial charge >= 0.3 is 0 Å². The summed E-state index contributed by atoms with van der Waals surface area (Å²) in [6.07, 6.45) is 3.89. The number of carbonyl (C=O) groups is 1. The average molecular weight is 380 g/mol. The van der Waals surface area contributed by atoms with Gasteiger partial charge in [-0.1, -0.05) is 18.2 Å². The van der Waals surface area contributed by atoms with Crippen molar-refractivity contribution < 1.29 is 4.79 Å². The number of imidazole rings is 1. The summed E-state index contributed by atoms with van der Waals surface area (Å²) in [7, 11) is 0. The number of aromatic nitrogens is 2. The maximum absolute atomic E-state index is 12.7. The molecule has 4 aromatic rings. The van der Waals surface area contributed by atoms with Gasteiger partial charge in [0.25, 0.3) is 5.91 Å². The normalized spacial score (nSPS) is 10.9. The first-order valence-corrected chi connectivity index (χ1v) is 10.2. The molecular weight excluding hydrogens is 362 g/mol. The number of rotatable bonds is 6. The number of fused-ring (bicyclic) bond motifs is 1. The van der Waals surface area contributed by atoms with E-state index in [2.05, 4.69) is 27.1 Å². The molecule has 1 aromatic carbocycles. The average Bonchev–Trinajstić information content (AvgIpc) is 3.33. The lowest BCUT2D eigenvalue weighted by Gasteiger charge is -2.09. The minimum absolute atomic E-state index is 0.0736. The number of hydrogen-bond acceptors (Lipinski definition) is 4. The number of nitrogens with one attached hydrogen (secondary N) is 1. The van der Waals surface area contributed by atoms with Crippen molar-refractivity contribution in [1.82, 2.24) is 14.7 Å². The monoisotopic (exact) mass is 379 g/mol. The van der Waals surface area contributed by atoms with E-state index in [1.807, 2.05) is 59.3 Å². The molecule has 130 valence electrons. The van der Waals surface area contributed by atoms with E-state index in [1.165, 1.54) is 5.56 Å². The number of thiophene rings is 1. The number of carbonyl (C=O) groups excluding carboxylic acids is 1. The Morgan fingerprint density at radius 1 is 1.15 bits per heavy atom. The Balaban J connectivity index is 1.44. The van der Waals surface area contributed by atoms with Gasteiger partial charge in [0.1, 0.15) is 5.65 Å². The molecule has 0 saturated heterocycles. The van der Waals surface area contributed by atoms with Crippen LogP contribution in [0.4, 0.5) is 0 Å². The van der Waals surface area contributed by atoms with Crippen molar-refractivity contribution >= 4 is 34.7 Å². The van der Waals surface area contributed by atoms with Crippen LogP contribution < -0.4 is 5.32 Å². The minimum atomic E-state index is -0.0736. The van der Waals surface area contributed by atoms with Crippen LogP contribution in [0.15, 0.2) is 76.6 Å². The highest BCUT2D eigenvalue weighted by molar-refractivity contribution is 7.98. The second kappa shape index (κ2) is 7.76. The predicted octanol–water partition coefficient (Wildman–Crippen LogP) is 4.62. The number of pyridine rings is 1. The lowest BCUT2D eigenvalue weighted by Crippen LogP contribution is -2.23. The fraction of sp³-hybridized carbons (Fsp3) is 0.100. The summed E-state index contributed by atoms with van der Waals surface area (Å²) < 4.78 is 1.95. The van der Waals surface area contributed by atoms with Crippen molar-refractivity contribution in [2.45, 2.75) is 17.2 Å². The maximum Gasteiger partial charge on any atom is 0.252 e. The van der Waals surface area contributed by atoms with E-state index < -0.39 is 0 Å². The van der Waals surface area contributed by atoms with Crippen LogP contribution in [0.5, 0.6) is 0 Å². The Kier molecular flexibility index (Phi) is 5.04. The molecule has 0 atom stereocenters. The molecule has 3 aromatic heterocycles. The highest BCUT2D eigenvalue weighted by Crippen LogP contribution is 2.27. The van der Waals surface area contributed by atoms with E-state index >= 15 is 0 Å². The smallest absolute Gasteiger partial charge is 0.252 e. The Morgan fingerprint density at radius 2 is 2.04 bits per heavy atom. The second-order valence-corrected chi connectivity index (χ2v) is 7.59. The highest BCUT2D eigenvalue weighted by Gasteiger charge is 2.12. The molecule has 0 aliphatic carbocycles. The summed E-state index contributed by atoms with van der Waals surface area (Å²) in [5, 5.41) is 7.19. The van der Waals surface area contributed by atoms with Crippen molar-refractivity contribution in [2.75, 3.05) is 0 Å². The molecule has 0 spiro atoms. The van der Waals surface area contributed by atoms with Gasteiger partial charge in [-0.3, -0.25) is 4.79 Å². The fourth-order valence-electron chi connectivity index (χ4n) is 2.65. The summed E-state index contributed by atoms with van der Waals surface area (Å²) in [5.74, 6) is 0.788. The van der Waals surface area contributed by atoms with Gasteiger partial charge in [0, 0.05) is 23.0 Å². The number of thioether (sulfide) groups is 1. The number of nitrogens with zero attached hydrogens (tertiary/aromatic N) is 2. The molecule has 0 aliphatic rings. The standard InChI is InChI=1S/C20H17N3OS2/c24-20(21-11-16-12-23-9-4-3-7-19(23)22-16)17-5-1-2-6-18(17)26-14-15-8-10-25-13-15/h1-10,12-13H,11,14H2,(H,21,24). The Bertz CT molecular complexity index is 991. The van der Waals surface area contributed by atoms with Crippen molar-refractivity contribution in [3.8, 4) is 0 Å². The van der Waals surface area contributed by atoms with E-state index in [0.717, 1.165) is 22.0 Å². The van der Waals surface area contributed by atoms with Gasteiger partial charge in [-0.05, 0) is 46.7 Å². The van der Waals surface area contributed by atoms with Gasteiger partial charge in [0.05, 0.1) is 17.8 Å². The third-order valence-corrected chi connectivity index (χ3v) is 5.83. The Labute approximate surface area is 159 Å². The molecule has 0 saturated carbocycles. The zero-order valence-corrected chi connectivity index (χ0v) is 15.6. The zero-order valence-electron chi connectivity index (χ0n) is 14.0. The number of benzene rings is 1. The van der Waals surface area contributed by atoms with Crippen LogP contribution in [0.2, 0.25) is 0 Å². The molecule has 0 bridgehead atoms. The van der Waals surface area contributed by atoms with E-state index in [0.29, 0.717) is 12.1 Å². The molecule has 0 radical (unpaired) electrons. The fourth-order valence-corrected chi connectivity index (χ4v) is 4.42. The molecule has 0 aliphatic heterocycles. The van der Waals surface area contributed by atoms with E-state index in [9.17, 15) is 4.79 Å². The highest BCUT2D eigenvalue weighted by atomic mass is 32.2. The third kappa shape index (κ3) is 3.81. The largest absolute Gasteiger partial charge is 0.346 e. The van der Waals surface area contributed by atoms with Gasteiger partial charge in [-0.25, -0.2) is 4.98 Å². The molecule has 26 heavy (non-hydrogen) atoms. The van der Waals surface area contributed by atoms with Crippen LogP contribution in [0.25, 0.3) is 5.65 Å². The van der Waals surface area contributed by atoms with Crippen molar-refractivity contribution in [1.29, 1.82) is 0 Å². The Hall–Kier alpha value is -2.57. The van der Waals surface area contributed by atoms with Crippen LogP contribution in [0.3, 0.4) is 0 Å². The topological polar surface area (TPSA) is 46.4 Å². The van der Waals surface area contributed by atoms with Crippen molar-refractivity contribution in [3.63, 3.8) is 0 Å². The van der Waals surface area contributed by atoms with Gasteiger partial charge in [0.15, 0.2) is 0 Å². The molecule has 0 fully saturated rings. The van der Waals surface area contributed by atoms with Crippen LogP contribution in [0.1, 0.15) is 21.6 Å². The quantitative estimate of drug-likeness (QED) is 0.497. The summed E-state index contributed by atoms with van der Waals surface area (Å²) in [4.78, 5) is 18.2. The SMILES string of the molecule is O=C(NCc1cn2ccccc2n1)c1ccccc1SCc1ccsc1. The first-order chi connectivity index (χ1) is 12.8. The van der Waals surface area contributed by atoms with E-state index in [-0.39, 0.29) is 5.91 Å². The third-order valence-electron chi connectivity index (χ3n) is 3.95. The lowest BCUT2D eigenvalue weighted by atomic mass is 10.2. The van der Waals surface area contributed by atoms with Crippen LogP contribution in [-0.4, -0.2) is 15.3 Å². The molecule has 4 rings (SSSR count). The van der Waals surface area contributed by atoms with E-state index in [4.69, 9.17) is 0 Å². The molecule has 3 heterocycles. The molecule has 1 amide bonds. The maximum atomic E-state index is 12.7. The van der Waals surface area contributed by atoms with Gasteiger partial charge in [-0.15, -0.1) is 11.8 Å². The van der Waals surface area contributed by atoms with Gasteiger partial charge in [0.2, 0.25) is 0 Å². The van der Waals surface area contributed by atoms with Crippen LogP contribution >= 0.6 is 23.1 Å². The second-order valence-electron chi connectivity index (χ2n) is 5.80. The Morgan fingerprint density at radius 3 is 2.88 bits per heavy atom. The number of amides is 1. The van der Waals surface area contributed by atoms with Gasteiger partial charge in [-0.2, -0.15) is 11.3 Å². The van der Waals surface area contributed by atoms with Crippen LogP contribution in [0, 0.1) is 0 Å². The van der Waals surface area contributed by atoms with Crippen molar-refractivity contribution in [3.05, 3.63) is 88.5 Å². The molecular formula is C20H17N3OS2. The number of hydrogen-bond donors (Lipinski definition) is 1.